The Kier molecular flexibility index (Phi) is 3.79. The summed E-state index contributed by atoms with van der Waals surface area (Å²) in [6.45, 7) is 2.77. The van der Waals surface area contributed by atoms with Gasteiger partial charge in [0.2, 0.25) is 0 Å². The molecule has 0 saturated heterocycles. The van der Waals surface area contributed by atoms with Crippen LogP contribution in [0.5, 0.6) is 11.5 Å². The number of rotatable bonds is 2. The van der Waals surface area contributed by atoms with Crippen molar-refractivity contribution in [2.45, 2.75) is 6.92 Å². The van der Waals surface area contributed by atoms with Gasteiger partial charge in [-0.2, -0.15) is 0 Å². The van der Waals surface area contributed by atoms with E-state index in [9.17, 15) is 4.79 Å². The van der Waals surface area contributed by atoms with Crippen molar-refractivity contribution >= 4 is 27.5 Å². The molecule has 1 aliphatic heterocycles. The number of benzene rings is 1. The standard InChI is InChI=1S/C15H13BrN2O3/c1-9-11(5-6-13(16)17-9)18-15(19)10-3-2-4-12-14(10)21-8-7-20-12/h2-6H,7-8H2,1H3,(H,18,19). The van der Waals surface area contributed by atoms with E-state index in [1.807, 2.05) is 6.92 Å². The molecule has 108 valence electrons. The fourth-order valence-corrected chi connectivity index (χ4v) is 2.50. The zero-order valence-corrected chi connectivity index (χ0v) is 12.9. The Balaban J connectivity index is 1.89. The lowest BCUT2D eigenvalue weighted by atomic mass is 10.1. The highest BCUT2D eigenvalue weighted by Gasteiger charge is 2.20. The SMILES string of the molecule is Cc1nc(Br)ccc1NC(=O)c1cccc2c1OCCO2. The number of para-hydroxylation sites is 1. The van der Waals surface area contributed by atoms with Gasteiger partial charge in [0.1, 0.15) is 17.8 Å². The number of aromatic nitrogens is 1. The Morgan fingerprint density at radius 3 is 2.86 bits per heavy atom. The summed E-state index contributed by atoms with van der Waals surface area (Å²) >= 11 is 3.30. The lowest BCUT2D eigenvalue weighted by Crippen LogP contribution is -2.20. The quantitative estimate of drug-likeness (QED) is 0.846. The van der Waals surface area contributed by atoms with Gasteiger partial charge in [-0.15, -0.1) is 0 Å². The molecule has 1 amide bonds. The minimum absolute atomic E-state index is 0.246. The molecule has 0 radical (unpaired) electrons. The molecule has 0 bridgehead atoms. The molecule has 1 aromatic carbocycles. The number of nitrogens with zero attached hydrogens (tertiary/aromatic N) is 1. The van der Waals surface area contributed by atoms with Gasteiger partial charge in [0.25, 0.3) is 5.91 Å². The average Bonchev–Trinajstić information content (AvgIpc) is 2.49. The molecular formula is C15H13BrN2O3. The fourth-order valence-electron chi connectivity index (χ4n) is 2.10. The van der Waals surface area contributed by atoms with Crippen LogP contribution in [-0.2, 0) is 0 Å². The molecule has 0 aliphatic carbocycles. The summed E-state index contributed by atoms with van der Waals surface area (Å²) in [5, 5.41) is 2.85. The molecule has 0 unspecified atom stereocenters. The summed E-state index contributed by atoms with van der Waals surface area (Å²) in [5.74, 6) is 0.841. The molecule has 1 aromatic heterocycles. The molecule has 1 N–H and O–H groups in total. The van der Waals surface area contributed by atoms with E-state index in [0.717, 1.165) is 10.3 Å². The predicted molar refractivity (Wildman–Crippen MR) is 82.1 cm³/mol. The Hall–Kier alpha value is -2.08. The number of hydrogen-bond donors (Lipinski definition) is 1. The Labute approximate surface area is 130 Å². The molecule has 1 aliphatic rings. The van der Waals surface area contributed by atoms with Gasteiger partial charge in [-0.05, 0) is 47.1 Å². The molecule has 21 heavy (non-hydrogen) atoms. The van der Waals surface area contributed by atoms with Crippen LogP contribution in [0.15, 0.2) is 34.9 Å². The van der Waals surface area contributed by atoms with Crippen LogP contribution in [0.1, 0.15) is 16.1 Å². The number of anilines is 1. The maximum atomic E-state index is 12.4. The van der Waals surface area contributed by atoms with Gasteiger partial charge in [0.05, 0.1) is 16.9 Å². The molecule has 3 rings (SSSR count). The molecule has 5 nitrogen and oxygen atoms in total. The molecule has 0 saturated carbocycles. The number of pyridine rings is 1. The largest absolute Gasteiger partial charge is 0.486 e. The first-order valence-electron chi connectivity index (χ1n) is 6.48. The van der Waals surface area contributed by atoms with E-state index >= 15 is 0 Å². The van der Waals surface area contributed by atoms with Gasteiger partial charge in [-0.3, -0.25) is 4.79 Å². The number of nitrogens with one attached hydrogen (secondary N) is 1. The third kappa shape index (κ3) is 2.85. The van der Waals surface area contributed by atoms with E-state index in [0.29, 0.717) is 36.0 Å². The lowest BCUT2D eigenvalue weighted by molar-refractivity contribution is 0.101. The van der Waals surface area contributed by atoms with Crippen LogP contribution in [0.2, 0.25) is 0 Å². The Morgan fingerprint density at radius 2 is 2.05 bits per heavy atom. The van der Waals surface area contributed by atoms with Crippen molar-refractivity contribution in [3.63, 3.8) is 0 Å². The zero-order chi connectivity index (χ0) is 14.8. The van der Waals surface area contributed by atoms with Crippen molar-refractivity contribution in [1.82, 2.24) is 4.98 Å². The highest BCUT2D eigenvalue weighted by molar-refractivity contribution is 9.10. The summed E-state index contributed by atoms with van der Waals surface area (Å²) in [6.07, 6.45) is 0. The summed E-state index contributed by atoms with van der Waals surface area (Å²) in [7, 11) is 0. The van der Waals surface area contributed by atoms with Gasteiger partial charge in [0, 0.05) is 0 Å². The number of hydrogen-bond acceptors (Lipinski definition) is 4. The fraction of sp³-hybridized carbons (Fsp3) is 0.200. The summed E-state index contributed by atoms with van der Waals surface area (Å²) in [6, 6.07) is 8.86. The maximum absolute atomic E-state index is 12.4. The van der Waals surface area contributed by atoms with Gasteiger partial charge >= 0.3 is 0 Å². The monoisotopic (exact) mass is 348 g/mol. The first-order valence-corrected chi connectivity index (χ1v) is 7.27. The second-order valence-corrected chi connectivity index (χ2v) is 5.36. The Bertz CT molecular complexity index is 703. The van der Waals surface area contributed by atoms with Gasteiger partial charge in [-0.1, -0.05) is 6.07 Å². The third-order valence-corrected chi connectivity index (χ3v) is 3.55. The van der Waals surface area contributed by atoms with E-state index in [2.05, 4.69) is 26.2 Å². The number of carbonyl (C=O) groups excluding carboxylic acids is 1. The number of ether oxygens (including phenoxy) is 2. The number of halogens is 1. The number of carbonyl (C=O) groups is 1. The Morgan fingerprint density at radius 1 is 1.24 bits per heavy atom. The van der Waals surface area contributed by atoms with Crippen LogP contribution in [0.3, 0.4) is 0 Å². The van der Waals surface area contributed by atoms with Crippen LogP contribution in [-0.4, -0.2) is 24.1 Å². The number of amides is 1. The van der Waals surface area contributed by atoms with E-state index < -0.39 is 0 Å². The van der Waals surface area contributed by atoms with Crippen molar-refractivity contribution in [3.8, 4) is 11.5 Å². The topological polar surface area (TPSA) is 60.5 Å². The minimum atomic E-state index is -0.246. The van der Waals surface area contributed by atoms with Crippen molar-refractivity contribution in [2.24, 2.45) is 0 Å². The van der Waals surface area contributed by atoms with Crippen LogP contribution in [0.4, 0.5) is 5.69 Å². The smallest absolute Gasteiger partial charge is 0.259 e. The van der Waals surface area contributed by atoms with Gasteiger partial charge < -0.3 is 14.8 Å². The second kappa shape index (κ2) is 5.73. The number of fused-ring (bicyclic) bond motifs is 1. The van der Waals surface area contributed by atoms with Crippen molar-refractivity contribution < 1.29 is 14.3 Å². The third-order valence-electron chi connectivity index (χ3n) is 3.11. The maximum Gasteiger partial charge on any atom is 0.259 e. The average molecular weight is 349 g/mol. The lowest BCUT2D eigenvalue weighted by Gasteiger charge is -2.20. The molecule has 0 atom stereocenters. The normalized spacial score (nSPS) is 12.9. The molecular weight excluding hydrogens is 336 g/mol. The van der Waals surface area contributed by atoms with Crippen LogP contribution >= 0.6 is 15.9 Å². The highest BCUT2D eigenvalue weighted by Crippen LogP contribution is 2.34. The van der Waals surface area contributed by atoms with E-state index in [-0.39, 0.29) is 5.91 Å². The summed E-state index contributed by atoms with van der Waals surface area (Å²) in [5.41, 5.74) is 1.85. The highest BCUT2D eigenvalue weighted by atomic mass is 79.9. The predicted octanol–water partition coefficient (Wildman–Crippen LogP) is 3.18. The van der Waals surface area contributed by atoms with Gasteiger partial charge in [0.15, 0.2) is 11.5 Å². The minimum Gasteiger partial charge on any atom is -0.486 e. The molecule has 2 heterocycles. The van der Waals surface area contributed by atoms with Crippen molar-refractivity contribution in [3.05, 3.63) is 46.2 Å². The van der Waals surface area contributed by atoms with E-state index in [1.165, 1.54) is 0 Å². The molecule has 6 heteroatoms. The van der Waals surface area contributed by atoms with Crippen LogP contribution < -0.4 is 14.8 Å². The van der Waals surface area contributed by atoms with Crippen molar-refractivity contribution in [2.75, 3.05) is 18.5 Å². The second-order valence-electron chi connectivity index (χ2n) is 4.55. The first-order chi connectivity index (χ1) is 10.1. The van der Waals surface area contributed by atoms with E-state index in [1.54, 1.807) is 30.3 Å². The molecule has 0 spiro atoms. The molecule has 2 aromatic rings. The molecule has 0 fully saturated rings. The first kappa shape index (κ1) is 13.9. The number of aryl methyl sites for hydroxylation is 1. The van der Waals surface area contributed by atoms with Gasteiger partial charge in [-0.25, -0.2) is 4.98 Å². The summed E-state index contributed by atoms with van der Waals surface area (Å²) in [4.78, 5) is 16.7. The summed E-state index contributed by atoms with van der Waals surface area (Å²) < 4.78 is 11.8. The van der Waals surface area contributed by atoms with Crippen LogP contribution in [0.25, 0.3) is 0 Å². The van der Waals surface area contributed by atoms with E-state index in [4.69, 9.17) is 9.47 Å². The van der Waals surface area contributed by atoms with Crippen LogP contribution in [0, 0.1) is 6.92 Å². The van der Waals surface area contributed by atoms with Crippen molar-refractivity contribution in [1.29, 1.82) is 0 Å². The zero-order valence-electron chi connectivity index (χ0n) is 11.4.